The first kappa shape index (κ1) is 14.5. The lowest BCUT2D eigenvalue weighted by Gasteiger charge is -2.08. The molecule has 19 heavy (non-hydrogen) atoms. The van der Waals surface area contributed by atoms with Gasteiger partial charge in [-0.2, -0.15) is 5.10 Å². The summed E-state index contributed by atoms with van der Waals surface area (Å²) in [5, 5.41) is 7.74. The van der Waals surface area contributed by atoms with Crippen LogP contribution < -0.4 is 5.32 Å². The van der Waals surface area contributed by atoms with Crippen LogP contribution in [0.5, 0.6) is 0 Å². The predicted octanol–water partition coefficient (Wildman–Crippen LogP) is 3.08. The van der Waals surface area contributed by atoms with Gasteiger partial charge in [-0.05, 0) is 46.7 Å². The summed E-state index contributed by atoms with van der Waals surface area (Å²) in [5.74, 6) is 0. The highest BCUT2D eigenvalue weighted by atomic mass is 127. The molecular formula is C15H20IN3. The summed E-state index contributed by atoms with van der Waals surface area (Å²) >= 11 is 2.28. The molecule has 1 aromatic heterocycles. The van der Waals surface area contributed by atoms with Crippen molar-refractivity contribution in [2.45, 2.75) is 32.9 Å². The van der Waals surface area contributed by atoms with Gasteiger partial charge in [-0.1, -0.05) is 38.1 Å². The van der Waals surface area contributed by atoms with Gasteiger partial charge in [-0.3, -0.25) is 4.68 Å². The van der Waals surface area contributed by atoms with E-state index in [4.69, 9.17) is 0 Å². The second-order valence-electron chi connectivity index (χ2n) is 5.03. The maximum Gasteiger partial charge on any atom is 0.0659 e. The first-order chi connectivity index (χ1) is 9.13. The molecule has 1 N–H and O–H groups in total. The van der Waals surface area contributed by atoms with E-state index in [1.165, 1.54) is 14.7 Å². The van der Waals surface area contributed by atoms with Crippen LogP contribution in [0.25, 0.3) is 0 Å². The minimum Gasteiger partial charge on any atom is -0.314 e. The molecule has 0 aliphatic rings. The average molecular weight is 369 g/mol. The number of nitrogens with one attached hydrogen (secondary N) is 1. The molecule has 4 heteroatoms. The Bertz CT molecular complexity index is 502. The molecule has 102 valence electrons. The Balaban J connectivity index is 1.87. The monoisotopic (exact) mass is 369 g/mol. The van der Waals surface area contributed by atoms with E-state index in [1.54, 1.807) is 0 Å². The van der Waals surface area contributed by atoms with Crippen molar-refractivity contribution in [3.05, 3.63) is 51.4 Å². The molecule has 0 spiro atoms. The summed E-state index contributed by atoms with van der Waals surface area (Å²) in [5.41, 5.74) is 2.67. The van der Waals surface area contributed by atoms with E-state index >= 15 is 0 Å². The Morgan fingerprint density at radius 2 is 1.89 bits per heavy atom. The lowest BCUT2D eigenvalue weighted by molar-refractivity contribution is 0.590. The predicted molar refractivity (Wildman–Crippen MR) is 87.3 cm³/mol. The van der Waals surface area contributed by atoms with E-state index in [2.05, 4.69) is 77.3 Å². The van der Waals surface area contributed by atoms with Crippen LogP contribution in [0, 0.1) is 3.57 Å². The van der Waals surface area contributed by atoms with E-state index in [-0.39, 0.29) is 0 Å². The van der Waals surface area contributed by atoms with Crippen LogP contribution in [0.3, 0.4) is 0 Å². The number of hydrogen-bond acceptors (Lipinski definition) is 2. The highest BCUT2D eigenvalue weighted by Crippen LogP contribution is 2.08. The molecule has 1 heterocycles. The van der Waals surface area contributed by atoms with Crippen molar-refractivity contribution in [1.29, 1.82) is 0 Å². The molecule has 0 fully saturated rings. The van der Waals surface area contributed by atoms with Crippen molar-refractivity contribution < 1.29 is 0 Å². The van der Waals surface area contributed by atoms with E-state index in [0.717, 1.165) is 19.5 Å². The molecular weight excluding hydrogens is 349 g/mol. The van der Waals surface area contributed by atoms with Gasteiger partial charge in [0.25, 0.3) is 0 Å². The largest absolute Gasteiger partial charge is 0.314 e. The lowest BCUT2D eigenvalue weighted by atomic mass is 10.1. The Morgan fingerprint density at radius 3 is 2.47 bits per heavy atom. The molecule has 0 aliphatic carbocycles. The molecule has 0 amide bonds. The maximum atomic E-state index is 4.30. The van der Waals surface area contributed by atoms with E-state index < -0.39 is 0 Å². The number of rotatable bonds is 6. The molecule has 2 rings (SSSR count). The minimum absolute atomic E-state index is 0.557. The van der Waals surface area contributed by atoms with Gasteiger partial charge in [0.15, 0.2) is 0 Å². The summed E-state index contributed by atoms with van der Waals surface area (Å²) in [6.07, 6.45) is 5.02. The molecule has 0 bridgehead atoms. The van der Waals surface area contributed by atoms with Gasteiger partial charge in [0.2, 0.25) is 0 Å². The summed E-state index contributed by atoms with van der Waals surface area (Å²) in [6, 6.07) is 9.37. The Hall–Kier alpha value is -0.880. The Morgan fingerprint density at radius 1 is 1.21 bits per heavy atom. The zero-order valence-corrected chi connectivity index (χ0v) is 13.6. The quantitative estimate of drug-likeness (QED) is 0.794. The topological polar surface area (TPSA) is 29.9 Å². The number of hydrogen-bond donors (Lipinski definition) is 1. The summed E-state index contributed by atoms with van der Waals surface area (Å²) in [4.78, 5) is 0. The smallest absolute Gasteiger partial charge is 0.0659 e. The van der Waals surface area contributed by atoms with Gasteiger partial charge in [-0.15, -0.1) is 0 Å². The van der Waals surface area contributed by atoms with Gasteiger partial charge in [-0.25, -0.2) is 0 Å². The summed E-state index contributed by atoms with van der Waals surface area (Å²) in [7, 11) is 0. The number of halogens is 1. The third-order valence-corrected chi connectivity index (χ3v) is 3.49. The molecule has 0 saturated carbocycles. The second kappa shape index (κ2) is 7.05. The van der Waals surface area contributed by atoms with Crippen LogP contribution in [0.2, 0.25) is 0 Å². The number of benzene rings is 1. The highest BCUT2D eigenvalue weighted by Gasteiger charge is 1.99. The van der Waals surface area contributed by atoms with Crippen molar-refractivity contribution in [3.63, 3.8) is 0 Å². The minimum atomic E-state index is 0.557. The molecule has 0 radical (unpaired) electrons. The molecule has 2 aromatic rings. The molecule has 0 saturated heterocycles. The van der Waals surface area contributed by atoms with Crippen LogP contribution >= 0.6 is 22.6 Å². The van der Waals surface area contributed by atoms with Crippen molar-refractivity contribution in [2.24, 2.45) is 0 Å². The van der Waals surface area contributed by atoms with Crippen molar-refractivity contribution in [3.8, 4) is 0 Å². The fourth-order valence-electron chi connectivity index (χ4n) is 1.93. The maximum absolute atomic E-state index is 4.30. The van der Waals surface area contributed by atoms with Gasteiger partial charge in [0.05, 0.1) is 16.3 Å². The van der Waals surface area contributed by atoms with E-state index in [1.807, 2.05) is 10.9 Å². The van der Waals surface area contributed by atoms with Crippen LogP contribution in [0.4, 0.5) is 0 Å². The third kappa shape index (κ3) is 4.95. The van der Waals surface area contributed by atoms with Crippen LogP contribution in [-0.2, 0) is 13.0 Å². The summed E-state index contributed by atoms with van der Waals surface area (Å²) in [6.45, 7) is 6.23. The molecule has 0 unspecified atom stereocenters. The SMILES string of the molecule is CC(C)NCCc1ccc(Cn2cc(I)cn2)cc1. The van der Waals surface area contributed by atoms with Gasteiger partial charge in [0, 0.05) is 12.2 Å². The zero-order chi connectivity index (χ0) is 13.7. The number of aromatic nitrogens is 2. The van der Waals surface area contributed by atoms with Crippen LogP contribution in [-0.4, -0.2) is 22.4 Å². The third-order valence-electron chi connectivity index (χ3n) is 2.94. The van der Waals surface area contributed by atoms with E-state index in [9.17, 15) is 0 Å². The first-order valence-electron chi connectivity index (χ1n) is 6.62. The van der Waals surface area contributed by atoms with Gasteiger partial charge >= 0.3 is 0 Å². The Labute approximate surface area is 128 Å². The second-order valence-corrected chi connectivity index (χ2v) is 6.28. The van der Waals surface area contributed by atoms with Crippen molar-refractivity contribution >= 4 is 22.6 Å². The number of nitrogens with zero attached hydrogens (tertiary/aromatic N) is 2. The molecule has 3 nitrogen and oxygen atoms in total. The molecule has 0 aliphatic heterocycles. The van der Waals surface area contributed by atoms with Gasteiger partial charge in [0.1, 0.15) is 0 Å². The van der Waals surface area contributed by atoms with Crippen molar-refractivity contribution in [2.75, 3.05) is 6.54 Å². The lowest BCUT2D eigenvalue weighted by Crippen LogP contribution is -2.24. The molecule has 0 atom stereocenters. The Kier molecular flexibility index (Phi) is 5.39. The average Bonchev–Trinajstić information content (AvgIpc) is 2.77. The first-order valence-corrected chi connectivity index (χ1v) is 7.70. The normalized spacial score (nSPS) is 11.2. The zero-order valence-electron chi connectivity index (χ0n) is 11.4. The highest BCUT2D eigenvalue weighted by molar-refractivity contribution is 14.1. The van der Waals surface area contributed by atoms with Crippen LogP contribution in [0.15, 0.2) is 36.7 Å². The van der Waals surface area contributed by atoms with E-state index in [0.29, 0.717) is 6.04 Å². The molecule has 1 aromatic carbocycles. The van der Waals surface area contributed by atoms with Gasteiger partial charge < -0.3 is 5.32 Å². The van der Waals surface area contributed by atoms with Crippen molar-refractivity contribution in [1.82, 2.24) is 15.1 Å². The fraction of sp³-hybridized carbons (Fsp3) is 0.400. The standard InChI is InChI=1S/C15H20IN3/c1-12(2)17-8-7-13-3-5-14(6-4-13)10-19-11-15(16)9-18-19/h3-6,9,11-12,17H,7-8,10H2,1-2H3. The van der Waals surface area contributed by atoms with Crippen LogP contribution in [0.1, 0.15) is 25.0 Å². The fourth-order valence-corrected chi connectivity index (χ4v) is 2.37. The summed E-state index contributed by atoms with van der Waals surface area (Å²) < 4.78 is 3.14.